The Bertz CT molecular complexity index is 1730. The van der Waals surface area contributed by atoms with Crippen LogP contribution in [0.3, 0.4) is 0 Å². The maximum Gasteiger partial charge on any atom is 0.254 e. The highest BCUT2D eigenvalue weighted by Crippen LogP contribution is 2.23. The lowest BCUT2D eigenvalue weighted by molar-refractivity contribution is -0.115. The Morgan fingerprint density at radius 3 is 2.24 bits per heavy atom. The molecule has 1 saturated heterocycles. The minimum atomic E-state index is -0.214. The van der Waals surface area contributed by atoms with Gasteiger partial charge in [0.25, 0.3) is 5.91 Å². The van der Waals surface area contributed by atoms with E-state index in [1.807, 2.05) is 89.8 Å². The molecule has 0 aliphatic carbocycles. The lowest BCUT2D eigenvalue weighted by Gasteiger charge is -2.35. The first-order chi connectivity index (χ1) is 20.5. The van der Waals surface area contributed by atoms with E-state index in [1.54, 1.807) is 30.3 Å². The molecular weight excluding hydrogens is 525 g/mol. The Labute approximate surface area is 245 Å². The van der Waals surface area contributed by atoms with E-state index in [2.05, 4.69) is 10.2 Å². The summed E-state index contributed by atoms with van der Waals surface area (Å²) in [7, 11) is 0. The first kappa shape index (κ1) is 27.4. The summed E-state index contributed by atoms with van der Waals surface area (Å²) < 4.78 is 14.9. The average Bonchev–Trinajstić information content (AvgIpc) is 3.02. The average molecular weight is 558 g/mol. The second-order valence-corrected chi connectivity index (χ2v) is 10.7. The highest BCUT2D eigenvalue weighted by molar-refractivity contribution is 5.98. The van der Waals surface area contributed by atoms with E-state index >= 15 is 0 Å². The number of hydrogen-bond acceptors (Lipinski definition) is 3. The second-order valence-electron chi connectivity index (χ2n) is 10.7. The second kappa shape index (κ2) is 12.4. The molecule has 2 amide bonds. The first-order valence-electron chi connectivity index (χ1n) is 14.2. The summed E-state index contributed by atoms with van der Waals surface area (Å²) >= 11 is 0. The van der Waals surface area contributed by atoms with Gasteiger partial charge < -0.3 is 10.2 Å². The smallest absolute Gasteiger partial charge is 0.254 e. The maximum absolute atomic E-state index is 14.9. The largest absolute Gasteiger partial charge is 0.336 e. The number of benzene rings is 5. The van der Waals surface area contributed by atoms with Crippen molar-refractivity contribution in [2.45, 2.75) is 13.0 Å². The maximum atomic E-state index is 14.9. The third-order valence-corrected chi connectivity index (χ3v) is 7.79. The number of piperazine rings is 1. The molecule has 1 heterocycles. The quantitative estimate of drug-likeness (QED) is 0.240. The van der Waals surface area contributed by atoms with Crippen molar-refractivity contribution < 1.29 is 14.0 Å². The van der Waals surface area contributed by atoms with Crippen molar-refractivity contribution in [1.29, 1.82) is 0 Å². The van der Waals surface area contributed by atoms with E-state index in [9.17, 15) is 14.0 Å². The summed E-state index contributed by atoms with van der Waals surface area (Å²) in [5.74, 6) is -0.416. The number of hydrogen-bond donors (Lipinski definition) is 1. The highest BCUT2D eigenvalue weighted by atomic mass is 19.1. The molecule has 1 N–H and O–H groups in total. The molecule has 0 saturated carbocycles. The van der Waals surface area contributed by atoms with Gasteiger partial charge >= 0.3 is 0 Å². The molecule has 0 radical (unpaired) electrons. The molecule has 210 valence electrons. The molecule has 1 aliphatic rings. The zero-order valence-electron chi connectivity index (χ0n) is 23.3. The Morgan fingerprint density at radius 2 is 1.45 bits per heavy atom. The minimum absolute atomic E-state index is 0.0707. The lowest BCUT2D eigenvalue weighted by Crippen LogP contribution is -2.48. The van der Waals surface area contributed by atoms with Gasteiger partial charge in [-0.1, -0.05) is 91.0 Å². The number of halogens is 1. The Kier molecular flexibility index (Phi) is 8.06. The third-order valence-electron chi connectivity index (χ3n) is 7.79. The zero-order valence-corrected chi connectivity index (χ0v) is 23.3. The number of amides is 2. The van der Waals surface area contributed by atoms with E-state index in [-0.39, 0.29) is 24.1 Å². The van der Waals surface area contributed by atoms with Crippen LogP contribution in [-0.2, 0) is 17.8 Å². The summed E-state index contributed by atoms with van der Waals surface area (Å²) in [6, 6.07) is 36.4. The van der Waals surface area contributed by atoms with Crippen LogP contribution in [-0.4, -0.2) is 47.8 Å². The number of rotatable bonds is 7. The normalized spacial score (nSPS) is 13.7. The van der Waals surface area contributed by atoms with E-state index < -0.39 is 0 Å². The van der Waals surface area contributed by atoms with Crippen LogP contribution >= 0.6 is 0 Å². The Balaban J connectivity index is 1.02. The van der Waals surface area contributed by atoms with Gasteiger partial charge in [0.1, 0.15) is 5.82 Å². The lowest BCUT2D eigenvalue weighted by atomic mass is 10.0. The number of fused-ring (bicyclic) bond motifs is 1. The van der Waals surface area contributed by atoms with Gasteiger partial charge in [-0.3, -0.25) is 14.5 Å². The predicted octanol–water partition coefficient (Wildman–Crippen LogP) is 6.79. The third kappa shape index (κ3) is 6.40. The fraction of sp³-hybridized carbons (Fsp3) is 0.167. The molecule has 0 unspecified atom stereocenters. The van der Waals surface area contributed by atoms with Gasteiger partial charge in [-0.15, -0.1) is 0 Å². The van der Waals surface area contributed by atoms with Crippen molar-refractivity contribution in [3.05, 3.63) is 138 Å². The van der Waals surface area contributed by atoms with Crippen LogP contribution in [0.1, 0.15) is 21.5 Å². The highest BCUT2D eigenvalue weighted by Gasteiger charge is 2.23. The standard InChI is InChI=1S/C36H32FN3O2/c37-34-24-30(27-7-2-1-3-8-27)15-16-32(34)25-39-17-19-40(20-18-39)36(42)31-11-6-12-33(23-31)38-35(41)22-26-13-14-28-9-4-5-10-29(28)21-26/h1-16,21,23-24H,17-20,22,25H2,(H,38,41). The molecule has 5 aromatic carbocycles. The molecule has 1 aliphatic heterocycles. The van der Waals surface area contributed by atoms with Gasteiger partial charge in [-0.2, -0.15) is 0 Å². The van der Waals surface area contributed by atoms with E-state index in [4.69, 9.17) is 0 Å². The topological polar surface area (TPSA) is 52.7 Å². The fourth-order valence-electron chi connectivity index (χ4n) is 5.49. The molecule has 1 fully saturated rings. The van der Waals surface area contributed by atoms with Crippen molar-refractivity contribution in [1.82, 2.24) is 9.80 Å². The zero-order chi connectivity index (χ0) is 28.9. The van der Waals surface area contributed by atoms with E-state index in [1.165, 1.54) is 0 Å². The molecule has 0 bridgehead atoms. The molecule has 6 rings (SSSR count). The minimum Gasteiger partial charge on any atom is -0.336 e. The number of carbonyl (C=O) groups excluding carboxylic acids is 2. The van der Waals surface area contributed by atoms with Crippen LogP contribution in [0, 0.1) is 5.82 Å². The Morgan fingerprint density at radius 1 is 0.690 bits per heavy atom. The number of nitrogens with one attached hydrogen (secondary N) is 1. The molecule has 0 atom stereocenters. The predicted molar refractivity (Wildman–Crippen MR) is 166 cm³/mol. The molecule has 0 spiro atoms. The fourth-order valence-corrected chi connectivity index (χ4v) is 5.49. The molecule has 42 heavy (non-hydrogen) atoms. The summed E-state index contributed by atoms with van der Waals surface area (Å²) in [6.07, 6.45) is 0.251. The van der Waals surface area contributed by atoms with Crippen molar-refractivity contribution in [3.63, 3.8) is 0 Å². The van der Waals surface area contributed by atoms with Crippen LogP contribution in [0.15, 0.2) is 115 Å². The SMILES string of the molecule is O=C(Cc1ccc2ccccc2c1)Nc1cccc(C(=O)N2CCN(Cc3ccc(-c4ccccc4)cc3F)CC2)c1. The molecule has 0 aromatic heterocycles. The summed E-state index contributed by atoms with van der Waals surface area (Å²) in [5, 5.41) is 5.17. The van der Waals surface area contributed by atoms with Gasteiger partial charge in [-0.05, 0) is 51.7 Å². The van der Waals surface area contributed by atoms with Gasteiger partial charge in [0, 0.05) is 49.5 Å². The van der Waals surface area contributed by atoms with E-state index in [0.29, 0.717) is 49.5 Å². The van der Waals surface area contributed by atoms with Gasteiger partial charge in [0.05, 0.1) is 6.42 Å². The van der Waals surface area contributed by atoms with E-state index in [0.717, 1.165) is 27.5 Å². The van der Waals surface area contributed by atoms with Crippen LogP contribution < -0.4 is 5.32 Å². The van der Waals surface area contributed by atoms with Crippen molar-refractivity contribution in [2.24, 2.45) is 0 Å². The van der Waals surface area contributed by atoms with Crippen LogP contribution in [0.2, 0.25) is 0 Å². The van der Waals surface area contributed by atoms with Gasteiger partial charge in [0.15, 0.2) is 0 Å². The molecular formula is C36H32FN3O2. The van der Waals surface area contributed by atoms with Crippen molar-refractivity contribution in [3.8, 4) is 11.1 Å². The number of anilines is 1. The molecule has 5 nitrogen and oxygen atoms in total. The van der Waals surface area contributed by atoms with Crippen LogP contribution in [0.25, 0.3) is 21.9 Å². The molecule has 5 aromatic rings. The molecule has 6 heteroatoms. The number of nitrogens with zero attached hydrogens (tertiary/aromatic N) is 2. The Hall–Kier alpha value is -4.81. The summed E-state index contributed by atoms with van der Waals surface area (Å²) in [4.78, 5) is 30.0. The van der Waals surface area contributed by atoms with Crippen LogP contribution in [0.4, 0.5) is 10.1 Å². The summed E-state index contributed by atoms with van der Waals surface area (Å²) in [5.41, 5.74) is 4.57. The number of carbonyl (C=O) groups is 2. The monoisotopic (exact) mass is 557 g/mol. The van der Waals surface area contributed by atoms with Crippen molar-refractivity contribution in [2.75, 3.05) is 31.5 Å². The van der Waals surface area contributed by atoms with Gasteiger partial charge in [-0.25, -0.2) is 4.39 Å². The van der Waals surface area contributed by atoms with Crippen LogP contribution in [0.5, 0.6) is 0 Å². The van der Waals surface area contributed by atoms with Crippen molar-refractivity contribution >= 4 is 28.3 Å². The van der Waals surface area contributed by atoms with Gasteiger partial charge in [0.2, 0.25) is 5.91 Å². The first-order valence-corrected chi connectivity index (χ1v) is 14.2. The summed E-state index contributed by atoms with van der Waals surface area (Å²) in [6.45, 7) is 2.94.